The zero-order valence-corrected chi connectivity index (χ0v) is 12.1. The molecule has 96 valence electrons. The molecule has 0 saturated carbocycles. The summed E-state index contributed by atoms with van der Waals surface area (Å²) in [6.07, 6.45) is 0. The maximum atomic E-state index is 5.54. The summed E-state index contributed by atoms with van der Waals surface area (Å²) in [5, 5.41) is 3.26. The third-order valence-electron chi connectivity index (χ3n) is 3.75. The molecule has 0 spiro atoms. The van der Waals surface area contributed by atoms with Crippen LogP contribution < -0.4 is 11.1 Å². The van der Waals surface area contributed by atoms with E-state index in [0.717, 1.165) is 6.54 Å². The zero-order chi connectivity index (χ0) is 13.2. The van der Waals surface area contributed by atoms with E-state index >= 15 is 0 Å². The largest absolute Gasteiger partial charge is 0.318 e. The molecule has 0 amide bonds. The third-order valence-corrected chi connectivity index (χ3v) is 3.75. The minimum atomic E-state index is 0.115. The Kier molecular flexibility index (Phi) is 4.34. The van der Waals surface area contributed by atoms with Crippen LogP contribution in [0, 0.1) is 27.7 Å². The molecule has 2 heteroatoms. The molecule has 0 unspecified atom stereocenters. The molecule has 0 heterocycles. The van der Waals surface area contributed by atoms with Crippen molar-refractivity contribution < 1.29 is 0 Å². The van der Waals surface area contributed by atoms with Crippen molar-refractivity contribution in [2.75, 3.05) is 13.2 Å². The van der Waals surface area contributed by atoms with Crippen LogP contribution in [0.5, 0.6) is 0 Å². The van der Waals surface area contributed by atoms with Crippen LogP contribution in [0.4, 0.5) is 0 Å². The summed E-state index contributed by atoms with van der Waals surface area (Å²) < 4.78 is 0. The second kappa shape index (κ2) is 5.19. The Bertz CT molecular complexity index is 380. The van der Waals surface area contributed by atoms with Crippen molar-refractivity contribution in [2.45, 2.75) is 47.0 Å². The van der Waals surface area contributed by atoms with Gasteiger partial charge in [0.25, 0.3) is 0 Å². The molecule has 17 heavy (non-hydrogen) atoms. The van der Waals surface area contributed by atoms with Gasteiger partial charge < -0.3 is 11.1 Å². The van der Waals surface area contributed by atoms with Gasteiger partial charge in [-0.15, -0.1) is 0 Å². The minimum Gasteiger partial charge on any atom is -0.318 e. The van der Waals surface area contributed by atoms with Crippen molar-refractivity contribution in [3.63, 3.8) is 0 Å². The fraction of sp³-hybridized carbons (Fsp3) is 0.600. The molecule has 1 aromatic rings. The molecule has 1 aromatic carbocycles. The maximum absolute atomic E-state index is 5.54. The lowest BCUT2D eigenvalue weighted by molar-refractivity contribution is 0.469. The van der Waals surface area contributed by atoms with Gasteiger partial charge in [0.2, 0.25) is 0 Å². The molecule has 3 N–H and O–H groups in total. The molecule has 0 atom stereocenters. The summed E-state index contributed by atoms with van der Waals surface area (Å²) in [4.78, 5) is 0. The van der Waals surface area contributed by atoms with Crippen LogP contribution >= 0.6 is 0 Å². The van der Waals surface area contributed by atoms with Crippen LogP contribution in [-0.4, -0.2) is 13.2 Å². The smallest absolute Gasteiger partial charge is 0.0429 e. The first-order chi connectivity index (χ1) is 7.81. The minimum absolute atomic E-state index is 0.115. The van der Waals surface area contributed by atoms with Gasteiger partial charge in [0.05, 0.1) is 0 Å². The molecule has 0 aliphatic heterocycles. The molecule has 0 radical (unpaired) electrons. The highest BCUT2D eigenvalue weighted by molar-refractivity contribution is 5.47. The highest BCUT2D eigenvalue weighted by atomic mass is 15.0. The van der Waals surface area contributed by atoms with E-state index in [2.05, 4.69) is 52.9 Å². The Morgan fingerprint density at radius 1 is 1.06 bits per heavy atom. The van der Waals surface area contributed by atoms with Crippen LogP contribution in [0.2, 0.25) is 0 Å². The summed E-state index contributed by atoms with van der Waals surface area (Å²) in [6.45, 7) is 14.8. The molecule has 0 aliphatic rings. The second-order valence-electron chi connectivity index (χ2n) is 5.65. The van der Waals surface area contributed by atoms with Crippen LogP contribution in [0.15, 0.2) is 6.07 Å². The Morgan fingerprint density at radius 3 is 1.94 bits per heavy atom. The number of aryl methyl sites for hydroxylation is 2. The van der Waals surface area contributed by atoms with Gasteiger partial charge in [-0.25, -0.2) is 0 Å². The van der Waals surface area contributed by atoms with Gasteiger partial charge >= 0.3 is 0 Å². The van der Waals surface area contributed by atoms with Crippen LogP contribution in [0.25, 0.3) is 0 Å². The van der Waals surface area contributed by atoms with Gasteiger partial charge in [0.1, 0.15) is 0 Å². The Hall–Kier alpha value is -0.860. The summed E-state index contributed by atoms with van der Waals surface area (Å²) >= 11 is 0. The second-order valence-corrected chi connectivity index (χ2v) is 5.65. The fourth-order valence-corrected chi connectivity index (χ4v) is 2.71. The van der Waals surface area contributed by atoms with E-state index in [-0.39, 0.29) is 5.41 Å². The number of hydrogen-bond acceptors (Lipinski definition) is 2. The summed E-state index contributed by atoms with van der Waals surface area (Å²) in [5.41, 5.74) is 12.7. The van der Waals surface area contributed by atoms with Crippen molar-refractivity contribution in [3.05, 3.63) is 33.9 Å². The van der Waals surface area contributed by atoms with E-state index in [1.165, 1.54) is 27.8 Å². The SMILES string of the molecule is Cc1cc(C)c(C)c(C(C)(C)CNCN)c1C. The number of benzene rings is 1. The summed E-state index contributed by atoms with van der Waals surface area (Å²) in [6, 6.07) is 2.28. The average molecular weight is 234 g/mol. The first-order valence-corrected chi connectivity index (χ1v) is 6.30. The number of rotatable bonds is 4. The highest BCUT2D eigenvalue weighted by Gasteiger charge is 2.25. The first-order valence-electron chi connectivity index (χ1n) is 6.30. The maximum Gasteiger partial charge on any atom is 0.0429 e. The number of hydrogen-bond donors (Lipinski definition) is 2. The van der Waals surface area contributed by atoms with Crippen LogP contribution in [0.3, 0.4) is 0 Å². The van der Waals surface area contributed by atoms with Gasteiger partial charge in [0.15, 0.2) is 0 Å². The summed E-state index contributed by atoms with van der Waals surface area (Å²) in [7, 11) is 0. The molecule has 0 bridgehead atoms. The lowest BCUT2D eigenvalue weighted by Gasteiger charge is -2.31. The van der Waals surface area contributed by atoms with Gasteiger partial charge in [-0.1, -0.05) is 19.9 Å². The molecule has 0 saturated heterocycles. The molecule has 0 aliphatic carbocycles. The van der Waals surface area contributed by atoms with Crippen molar-refractivity contribution >= 4 is 0 Å². The topological polar surface area (TPSA) is 38.0 Å². The first kappa shape index (κ1) is 14.2. The van der Waals surface area contributed by atoms with E-state index in [1.54, 1.807) is 0 Å². The third kappa shape index (κ3) is 2.88. The van der Waals surface area contributed by atoms with Crippen LogP contribution in [-0.2, 0) is 5.41 Å². The molecule has 2 nitrogen and oxygen atoms in total. The monoisotopic (exact) mass is 234 g/mol. The Labute approximate surface area is 106 Å². The van der Waals surface area contributed by atoms with Crippen LogP contribution in [0.1, 0.15) is 41.7 Å². The van der Waals surface area contributed by atoms with E-state index in [4.69, 9.17) is 5.73 Å². The highest BCUT2D eigenvalue weighted by Crippen LogP contribution is 2.32. The zero-order valence-electron chi connectivity index (χ0n) is 12.1. The van der Waals surface area contributed by atoms with Crippen molar-refractivity contribution in [1.82, 2.24) is 5.32 Å². The number of nitrogens with two attached hydrogens (primary N) is 1. The molecular formula is C15H26N2. The van der Waals surface area contributed by atoms with E-state index in [9.17, 15) is 0 Å². The average Bonchev–Trinajstić information content (AvgIpc) is 2.24. The molecule has 0 fully saturated rings. The Balaban J connectivity index is 3.29. The fourth-order valence-electron chi connectivity index (χ4n) is 2.71. The van der Waals surface area contributed by atoms with E-state index < -0.39 is 0 Å². The van der Waals surface area contributed by atoms with Gasteiger partial charge in [-0.2, -0.15) is 0 Å². The molecule has 0 aromatic heterocycles. The van der Waals surface area contributed by atoms with Gasteiger partial charge in [-0.3, -0.25) is 0 Å². The Morgan fingerprint density at radius 2 is 1.53 bits per heavy atom. The lowest BCUT2D eigenvalue weighted by atomic mass is 9.77. The predicted molar refractivity (Wildman–Crippen MR) is 75.5 cm³/mol. The molecule has 1 rings (SSSR count). The predicted octanol–water partition coefficient (Wildman–Crippen LogP) is 2.70. The van der Waals surface area contributed by atoms with E-state index in [1.807, 2.05) is 0 Å². The number of nitrogens with one attached hydrogen (secondary N) is 1. The molecular weight excluding hydrogens is 208 g/mol. The van der Waals surface area contributed by atoms with Crippen molar-refractivity contribution in [3.8, 4) is 0 Å². The van der Waals surface area contributed by atoms with Crippen molar-refractivity contribution in [2.24, 2.45) is 5.73 Å². The lowest BCUT2D eigenvalue weighted by Crippen LogP contribution is -2.37. The van der Waals surface area contributed by atoms with Crippen molar-refractivity contribution in [1.29, 1.82) is 0 Å². The normalized spacial score (nSPS) is 11.9. The van der Waals surface area contributed by atoms with E-state index in [0.29, 0.717) is 6.67 Å². The van der Waals surface area contributed by atoms with Gasteiger partial charge in [0, 0.05) is 18.6 Å². The standard InChI is InChI=1S/C15H26N2/c1-10-7-11(2)13(4)14(12(10)3)15(5,6)8-17-9-16/h7,17H,8-9,16H2,1-6H3. The quantitative estimate of drug-likeness (QED) is 0.786. The van der Waals surface area contributed by atoms with Gasteiger partial charge in [-0.05, 0) is 55.5 Å². The summed E-state index contributed by atoms with van der Waals surface area (Å²) in [5.74, 6) is 0.